The van der Waals surface area contributed by atoms with Crippen molar-refractivity contribution in [2.45, 2.75) is 32.3 Å². The summed E-state index contributed by atoms with van der Waals surface area (Å²) in [6, 6.07) is 5.01. The average molecular weight is 223 g/mol. The van der Waals surface area contributed by atoms with Crippen molar-refractivity contribution in [1.29, 1.82) is 0 Å². The van der Waals surface area contributed by atoms with Gasteiger partial charge < -0.3 is 10.0 Å². The summed E-state index contributed by atoms with van der Waals surface area (Å²) >= 11 is 0. The van der Waals surface area contributed by atoms with Crippen LogP contribution in [0.25, 0.3) is 0 Å². The molecule has 1 saturated heterocycles. The Hall–Kier alpha value is -1.09. The maximum atomic E-state index is 13.8. The molecular weight excluding hydrogens is 205 g/mol. The van der Waals surface area contributed by atoms with Gasteiger partial charge in [-0.2, -0.15) is 0 Å². The van der Waals surface area contributed by atoms with E-state index in [0.29, 0.717) is 5.56 Å². The molecule has 0 atom stereocenters. The maximum absolute atomic E-state index is 13.8. The van der Waals surface area contributed by atoms with Crippen LogP contribution in [-0.2, 0) is 5.60 Å². The molecule has 3 heteroatoms. The van der Waals surface area contributed by atoms with E-state index >= 15 is 0 Å². The number of nitrogens with zero attached hydrogens (tertiary/aromatic N) is 1. The third-order valence-electron chi connectivity index (χ3n) is 3.05. The zero-order chi connectivity index (χ0) is 11.8. The molecule has 0 aromatic heterocycles. The summed E-state index contributed by atoms with van der Waals surface area (Å²) in [7, 11) is 0. The van der Waals surface area contributed by atoms with E-state index < -0.39 is 5.60 Å². The quantitative estimate of drug-likeness (QED) is 0.833. The highest BCUT2D eigenvalue weighted by Gasteiger charge is 2.27. The number of hydrogen-bond acceptors (Lipinski definition) is 2. The van der Waals surface area contributed by atoms with Gasteiger partial charge >= 0.3 is 0 Å². The Morgan fingerprint density at radius 3 is 2.44 bits per heavy atom. The summed E-state index contributed by atoms with van der Waals surface area (Å²) in [6.07, 6.45) is 2.28. The summed E-state index contributed by atoms with van der Waals surface area (Å²) in [4.78, 5) is 2.15. The Balaban J connectivity index is 2.47. The lowest BCUT2D eigenvalue weighted by molar-refractivity contribution is 0.0750. The van der Waals surface area contributed by atoms with Gasteiger partial charge in [-0.3, -0.25) is 0 Å². The average Bonchev–Trinajstić information content (AvgIpc) is 2.67. The van der Waals surface area contributed by atoms with Crippen LogP contribution in [0.2, 0.25) is 0 Å². The fourth-order valence-corrected chi connectivity index (χ4v) is 2.34. The fourth-order valence-electron chi connectivity index (χ4n) is 2.34. The maximum Gasteiger partial charge on any atom is 0.131 e. The van der Waals surface area contributed by atoms with Crippen molar-refractivity contribution in [3.8, 4) is 0 Å². The first kappa shape index (κ1) is 11.4. The zero-order valence-corrected chi connectivity index (χ0v) is 9.83. The molecule has 2 rings (SSSR count). The molecule has 0 amide bonds. The number of halogens is 1. The van der Waals surface area contributed by atoms with Crippen LogP contribution in [0.4, 0.5) is 10.1 Å². The smallest absolute Gasteiger partial charge is 0.131 e. The lowest BCUT2D eigenvalue weighted by Gasteiger charge is -2.27. The highest BCUT2D eigenvalue weighted by molar-refractivity contribution is 5.56. The minimum atomic E-state index is -1.14. The summed E-state index contributed by atoms with van der Waals surface area (Å²) < 4.78 is 13.8. The van der Waals surface area contributed by atoms with Crippen molar-refractivity contribution in [2.24, 2.45) is 0 Å². The second kappa shape index (κ2) is 4.06. The Morgan fingerprint density at radius 2 is 1.88 bits per heavy atom. The van der Waals surface area contributed by atoms with Crippen molar-refractivity contribution < 1.29 is 9.50 Å². The molecule has 1 aliphatic heterocycles. The van der Waals surface area contributed by atoms with E-state index in [1.165, 1.54) is 6.07 Å². The molecule has 16 heavy (non-hydrogen) atoms. The van der Waals surface area contributed by atoms with Gasteiger partial charge in [0, 0.05) is 24.3 Å². The summed E-state index contributed by atoms with van der Waals surface area (Å²) in [5.41, 5.74) is 0.116. The monoisotopic (exact) mass is 223 g/mol. The van der Waals surface area contributed by atoms with Gasteiger partial charge in [-0.15, -0.1) is 0 Å². The third-order valence-corrected chi connectivity index (χ3v) is 3.05. The van der Waals surface area contributed by atoms with Crippen LogP contribution in [0.1, 0.15) is 32.3 Å². The van der Waals surface area contributed by atoms with Gasteiger partial charge in [0.1, 0.15) is 5.82 Å². The first-order valence-corrected chi connectivity index (χ1v) is 5.76. The van der Waals surface area contributed by atoms with Crippen LogP contribution >= 0.6 is 0 Å². The van der Waals surface area contributed by atoms with Crippen LogP contribution in [0.3, 0.4) is 0 Å². The first-order valence-electron chi connectivity index (χ1n) is 5.76. The predicted octanol–water partition coefficient (Wildman–Crippen LogP) is 2.65. The van der Waals surface area contributed by atoms with Crippen molar-refractivity contribution in [2.75, 3.05) is 18.0 Å². The number of benzene rings is 1. The van der Waals surface area contributed by atoms with Gasteiger partial charge in [-0.25, -0.2) is 4.39 Å². The normalized spacial score (nSPS) is 16.9. The van der Waals surface area contributed by atoms with E-state index in [2.05, 4.69) is 4.90 Å². The zero-order valence-electron chi connectivity index (χ0n) is 9.83. The molecule has 1 aromatic rings. The van der Waals surface area contributed by atoms with E-state index in [0.717, 1.165) is 31.6 Å². The SMILES string of the molecule is CC(C)(O)c1c(F)cccc1N1CCCC1. The number of rotatable bonds is 2. The van der Waals surface area contributed by atoms with E-state index in [1.807, 2.05) is 6.07 Å². The molecule has 2 nitrogen and oxygen atoms in total. The summed E-state index contributed by atoms with van der Waals surface area (Å²) in [5.74, 6) is -0.322. The molecule has 1 aliphatic rings. The molecule has 1 aromatic carbocycles. The molecule has 0 bridgehead atoms. The summed E-state index contributed by atoms with van der Waals surface area (Å²) in [5, 5.41) is 10.0. The van der Waals surface area contributed by atoms with Crippen LogP contribution < -0.4 is 4.90 Å². The van der Waals surface area contributed by atoms with Gasteiger partial charge in [0.2, 0.25) is 0 Å². The molecule has 1 heterocycles. The van der Waals surface area contributed by atoms with Crippen molar-refractivity contribution >= 4 is 5.69 Å². The van der Waals surface area contributed by atoms with E-state index in [4.69, 9.17) is 0 Å². The number of anilines is 1. The molecule has 0 unspecified atom stereocenters. The van der Waals surface area contributed by atoms with Gasteiger partial charge in [0.15, 0.2) is 0 Å². The minimum Gasteiger partial charge on any atom is -0.386 e. The Bertz CT molecular complexity index is 378. The van der Waals surface area contributed by atoms with Gasteiger partial charge in [0.05, 0.1) is 5.60 Å². The first-order chi connectivity index (χ1) is 7.50. The van der Waals surface area contributed by atoms with Crippen LogP contribution in [0, 0.1) is 5.82 Å². The topological polar surface area (TPSA) is 23.5 Å². The Labute approximate surface area is 95.7 Å². The molecule has 0 aliphatic carbocycles. The standard InChI is InChI=1S/C13H18FNO/c1-13(2,16)12-10(14)6-5-7-11(12)15-8-3-4-9-15/h5-7,16H,3-4,8-9H2,1-2H3. The second-order valence-electron chi connectivity index (χ2n) is 4.89. The van der Waals surface area contributed by atoms with E-state index in [9.17, 15) is 9.50 Å². The number of aliphatic hydroxyl groups is 1. The lowest BCUT2D eigenvalue weighted by Crippen LogP contribution is -2.26. The van der Waals surface area contributed by atoms with Crippen molar-refractivity contribution in [3.05, 3.63) is 29.6 Å². The second-order valence-corrected chi connectivity index (χ2v) is 4.89. The van der Waals surface area contributed by atoms with Crippen LogP contribution in [0.15, 0.2) is 18.2 Å². The van der Waals surface area contributed by atoms with Gasteiger partial charge in [0.25, 0.3) is 0 Å². The number of hydrogen-bond donors (Lipinski definition) is 1. The predicted molar refractivity (Wildman–Crippen MR) is 63.1 cm³/mol. The molecule has 88 valence electrons. The largest absolute Gasteiger partial charge is 0.386 e. The van der Waals surface area contributed by atoms with Crippen LogP contribution in [0.5, 0.6) is 0 Å². The Morgan fingerprint density at radius 1 is 1.25 bits per heavy atom. The van der Waals surface area contributed by atoms with E-state index in [1.54, 1.807) is 19.9 Å². The van der Waals surface area contributed by atoms with Gasteiger partial charge in [-0.1, -0.05) is 6.07 Å². The van der Waals surface area contributed by atoms with Crippen LogP contribution in [-0.4, -0.2) is 18.2 Å². The molecule has 1 N–H and O–H groups in total. The minimum absolute atomic E-state index is 0.322. The lowest BCUT2D eigenvalue weighted by atomic mass is 9.95. The highest BCUT2D eigenvalue weighted by Crippen LogP contribution is 2.34. The summed E-state index contributed by atoms with van der Waals surface area (Å²) in [6.45, 7) is 5.16. The molecule has 0 spiro atoms. The fraction of sp³-hybridized carbons (Fsp3) is 0.538. The van der Waals surface area contributed by atoms with E-state index in [-0.39, 0.29) is 5.82 Å². The van der Waals surface area contributed by atoms with Gasteiger partial charge in [-0.05, 0) is 38.8 Å². The molecular formula is C13H18FNO. The molecule has 0 radical (unpaired) electrons. The van der Waals surface area contributed by atoms with Crippen molar-refractivity contribution in [1.82, 2.24) is 0 Å². The molecule has 1 fully saturated rings. The molecule has 0 saturated carbocycles. The Kier molecular flexibility index (Phi) is 2.89. The van der Waals surface area contributed by atoms with Crippen molar-refractivity contribution in [3.63, 3.8) is 0 Å². The highest BCUT2D eigenvalue weighted by atomic mass is 19.1. The third kappa shape index (κ3) is 2.05.